The molecule has 1 saturated heterocycles. The maximum Gasteiger partial charge on any atom is 0.321 e. The molecular weight excluding hydrogens is 346 g/mol. The molecule has 0 aromatic heterocycles. The van der Waals surface area contributed by atoms with Crippen molar-refractivity contribution >= 4 is 11.9 Å². The predicted octanol–water partition coefficient (Wildman–Crippen LogP) is 2.47. The van der Waals surface area contributed by atoms with Crippen molar-refractivity contribution in [2.45, 2.75) is 39.2 Å². The van der Waals surface area contributed by atoms with E-state index in [2.05, 4.69) is 29.4 Å². The highest BCUT2D eigenvalue weighted by Gasteiger charge is 2.29. The van der Waals surface area contributed by atoms with Gasteiger partial charge in [0.25, 0.3) is 0 Å². The summed E-state index contributed by atoms with van der Waals surface area (Å²) in [6.07, 6.45) is 2.89. The minimum Gasteiger partial charge on any atom is -0.486 e. The van der Waals surface area contributed by atoms with Gasteiger partial charge in [-0.05, 0) is 49.4 Å². The Morgan fingerprint density at radius 3 is 2.78 bits per heavy atom. The highest BCUT2D eigenvalue weighted by molar-refractivity contribution is 5.95. The smallest absolute Gasteiger partial charge is 0.321 e. The van der Waals surface area contributed by atoms with Gasteiger partial charge < -0.3 is 14.8 Å². The summed E-state index contributed by atoms with van der Waals surface area (Å²) in [5, 5.41) is 5.15. The lowest BCUT2D eigenvalue weighted by molar-refractivity contribution is -0.121. The Morgan fingerprint density at radius 1 is 1.22 bits per heavy atom. The molecule has 1 aromatic rings. The van der Waals surface area contributed by atoms with Gasteiger partial charge in [-0.1, -0.05) is 19.9 Å². The number of carbonyl (C=O) groups is 2. The fourth-order valence-electron chi connectivity index (χ4n) is 3.53. The summed E-state index contributed by atoms with van der Waals surface area (Å²) in [4.78, 5) is 26.2. The summed E-state index contributed by atoms with van der Waals surface area (Å²) >= 11 is 0. The Labute approximate surface area is 160 Å². The van der Waals surface area contributed by atoms with Crippen LogP contribution < -0.4 is 20.1 Å². The van der Waals surface area contributed by atoms with E-state index in [0.29, 0.717) is 25.7 Å². The molecule has 27 heavy (non-hydrogen) atoms. The molecule has 2 aliphatic heterocycles. The summed E-state index contributed by atoms with van der Waals surface area (Å²) in [6.45, 7) is 6.92. The van der Waals surface area contributed by atoms with Crippen LogP contribution in [-0.2, 0) is 4.79 Å². The number of imide groups is 1. The normalized spacial score (nSPS) is 19.1. The van der Waals surface area contributed by atoms with Crippen molar-refractivity contribution in [1.82, 2.24) is 15.5 Å². The number of nitrogens with one attached hydrogen (secondary N) is 2. The molecular formula is C20H29N3O4. The van der Waals surface area contributed by atoms with Gasteiger partial charge >= 0.3 is 6.03 Å². The van der Waals surface area contributed by atoms with Crippen molar-refractivity contribution in [3.05, 3.63) is 23.8 Å². The number of hydrogen-bond donors (Lipinski definition) is 2. The van der Waals surface area contributed by atoms with E-state index in [0.717, 1.165) is 42.9 Å². The summed E-state index contributed by atoms with van der Waals surface area (Å²) in [7, 11) is 0. The second kappa shape index (κ2) is 9.08. The Balaban J connectivity index is 1.53. The number of likely N-dealkylation sites (tertiary alicyclic amines) is 1. The molecule has 2 heterocycles. The lowest BCUT2D eigenvalue weighted by Crippen LogP contribution is -2.44. The van der Waals surface area contributed by atoms with Crippen LogP contribution >= 0.6 is 0 Å². The molecule has 0 saturated carbocycles. The first-order valence-corrected chi connectivity index (χ1v) is 9.74. The highest BCUT2D eigenvalue weighted by Crippen LogP contribution is 2.37. The van der Waals surface area contributed by atoms with Gasteiger partial charge in [-0.2, -0.15) is 0 Å². The van der Waals surface area contributed by atoms with Crippen LogP contribution in [0.2, 0.25) is 0 Å². The quantitative estimate of drug-likeness (QED) is 0.798. The minimum atomic E-state index is -0.421. The summed E-state index contributed by atoms with van der Waals surface area (Å²) < 4.78 is 11.2. The maximum atomic E-state index is 12.3. The van der Waals surface area contributed by atoms with Crippen LogP contribution in [0.4, 0.5) is 4.79 Å². The van der Waals surface area contributed by atoms with Crippen LogP contribution in [0.3, 0.4) is 0 Å². The van der Waals surface area contributed by atoms with Gasteiger partial charge in [0.2, 0.25) is 5.91 Å². The van der Waals surface area contributed by atoms with Crippen LogP contribution in [0, 0.1) is 5.92 Å². The minimum absolute atomic E-state index is 0.149. The zero-order chi connectivity index (χ0) is 19.2. The Kier molecular flexibility index (Phi) is 6.55. The number of ether oxygens (including phenoxy) is 2. The molecule has 1 aromatic carbocycles. The van der Waals surface area contributed by atoms with E-state index in [1.807, 2.05) is 18.2 Å². The van der Waals surface area contributed by atoms with E-state index in [9.17, 15) is 9.59 Å². The number of carbonyl (C=O) groups excluding carboxylic acids is 2. The molecule has 7 nitrogen and oxygen atoms in total. The van der Waals surface area contributed by atoms with E-state index in [4.69, 9.17) is 9.47 Å². The second-order valence-electron chi connectivity index (χ2n) is 7.52. The molecule has 0 bridgehead atoms. The van der Waals surface area contributed by atoms with Crippen molar-refractivity contribution in [3.8, 4) is 11.5 Å². The number of urea groups is 1. The molecule has 0 aliphatic carbocycles. The van der Waals surface area contributed by atoms with Gasteiger partial charge in [-0.15, -0.1) is 0 Å². The molecule has 3 amide bonds. The number of nitrogens with zero attached hydrogens (tertiary/aromatic N) is 1. The van der Waals surface area contributed by atoms with Gasteiger partial charge in [-0.25, -0.2) is 4.79 Å². The average molecular weight is 375 g/mol. The lowest BCUT2D eigenvalue weighted by atomic mass is 10.0. The predicted molar refractivity (Wildman–Crippen MR) is 102 cm³/mol. The number of rotatable bonds is 6. The monoisotopic (exact) mass is 375 g/mol. The third kappa shape index (κ3) is 5.35. The van der Waals surface area contributed by atoms with Gasteiger partial charge in [-0.3, -0.25) is 15.0 Å². The van der Waals surface area contributed by atoms with Crippen molar-refractivity contribution in [2.24, 2.45) is 5.92 Å². The SMILES string of the molecule is CC(C)CCNC(=O)NC(=O)CN1CCC[C@H]1c1ccc2c(c1)OCCO2. The molecule has 0 radical (unpaired) electrons. The largest absolute Gasteiger partial charge is 0.486 e. The van der Waals surface area contributed by atoms with Crippen molar-refractivity contribution in [2.75, 3.05) is 32.8 Å². The zero-order valence-electron chi connectivity index (χ0n) is 16.1. The van der Waals surface area contributed by atoms with Crippen LogP contribution in [0.1, 0.15) is 44.7 Å². The fourth-order valence-corrected chi connectivity index (χ4v) is 3.53. The van der Waals surface area contributed by atoms with Crippen LogP contribution in [0.25, 0.3) is 0 Å². The molecule has 2 N–H and O–H groups in total. The summed E-state index contributed by atoms with van der Waals surface area (Å²) in [6, 6.07) is 5.70. The van der Waals surface area contributed by atoms with Gasteiger partial charge in [0.1, 0.15) is 13.2 Å². The number of fused-ring (bicyclic) bond motifs is 1. The van der Waals surface area contributed by atoms with E-state index < -0.39 is 6.03 Å². The summed E-state index contributed by atoms with van der Waals surface area (Å²) in [5.74, 6) is 1.77. The van der Waals surface area contributed by atoms with Gasteiger partial charge in [0.15, 0.2) is 11.5 Å². The van der Waals surface area contributed by atoms with Crippen molar-refractivity contribution < 1.29 is 19.1 Å². The standard InChI is InChI=1S/C20H29N3O4/c1-14(2)7-8-21-20(25)22-19(24)13-23-9-3-4-16(23)15-5-6-17-18(12-15)27-11-10-26-17/h5-6,12,14,16H,3-4,7-11,13H2,1-2H3,(H2,21,22,24,25)/t16-/m0/s1. The Bertz CT molecular complexity index is 677. The first-order chi connectivity index (χ1) is 13.0. The topological polar surface area (TPSA) is 79.9 Å². The van der Waals surface area contributed by atoms with Gasteiger partial charge in [0, 0.05) is 12.6 Å². The zero-order valence-corrected chi connectivity index (χ0v) is 16.1. The molecule has 148 valence electrons. The molecule has 2 aliphatic rings. The highest BCUT2D eigenvalue weighted by atomic mass is 16.6. The van der Waals surface area contributed by atoms with E-state index in [1.54, 1.807) is 0 Å². The maximum absolute atomic E-state index is 12.3. The fraction of sp³-hybridized carbons (Fsp3) is 0.600. The molecule has 1 atom stereocenters. The third-order valence-electron chi connectivity index (χ3n) is 4.92. The van der Waals surface area contributed by atoms with Crippen LogP contribution in [0.5, 0.6) is 11.5 Å². The lowest BCUT2D eigenvalue weighted by Gasteiger charge is -2.26. The van der Waals surface area contributed by atoms with E-state index >= 15 is 0 Å². The van der Waals surface area contributed by atoms with E-state index in [1.165, 1.54) is 0 Å². The molecule has 0 spiro atoms. The van der Waals surface area contributed by atoms with Crippen molar-refractivity contribution in [1.29, 1.82) is 0 Å². The number of hydrogen-bond acceptors (Lipinski definition) is 5. The van der Waals surface area contributed by atoms with Crippen LogP contribution in [-0.4, -0.2) is 49.7 Å². The number of benzene rings is 1. The molecule has 0 unspecified atom stereocenters. The van der Waals surface area contributed by atoms with Crippen molar-refractivity contribution in [3.63, 3.8) is 0 Å². The average Bonchev–Trinajstić information content (AvgIpc) is 3.08. The van der Waals surface area contributed by atoms with E-state index in [-0.39, 0.29) is 18.5 Å². The third-order valence-corrected chi connectivity index (χ3v) is 4.92. The van der Waals surface area contributed by atoms with Gasteiger partial charge in [0.05, 0.1) is 6.54 Å². The number of amides is 3. The first-order valence-electron chi connectivity index (χ1n) is 9.74. The summed E-state index contributed by atoms with van der Waals surface area (Å²) in [5.41, 5.74) is 1.12. The molecule has 7 heteroatoms. The Hall–Kier alpha value is -2.28. The Morgan fingerprint density at radius 2 is 2.00 bits per heavy atom. The van der Waals surface area contributed by atoms with Crippen LogP contribution in [0.15, 0.2) is 18.2 Å². The molecule has 1 fully saturated rings. The first kappa shape index (κ1) is 19.5. The second-order valence-corrected chi connectivity index (χ2v) is 7.52. The molecule has 3 rings (SSSR count).